The second-order valence-electron chi connectivity index (χ2n) is 3.42. The summed E-state index contributed by atoms with van der Waals surface area (Å²) in [7, 11) is 1.98. The summed E-state index contributed by atoms with van der Waals surface area (Å²) in [6.07, 6.45) is 3.54. The number of carboxylic acids is 1. The van der Waals surface area contributed by atoms with Gasteiger partial charge in [0.2, 0.25) is 0 Å². The normalized spacial score (nSPS) is 10.1. The van der Waals surface area contributed by atoms with Gasteiger partial charge >= 0.3 is 5.97 Å². The molecule has 0 aromatic carbocycles. The Hall–Kier alpha value is -1.08. The molecule has 4 nitrogen and oxygen atoms in total. The maximum Gasteiger partial charge on any atom is 0.303 e. The number of carboxylic acid groups (broad SMARTS) is 1. The van der Waals surface area contributed by atoms with Crippen molar-refractivity contribution in [3.63, 3.8) is 0 Å². The van der Waals surface area contributed by atoms with E-state index in [4.69, 9.17) is 10.4 Å². The molecule has 0 atom stereocenters. The number of hydrogen-bond acceptors (Lipinski definition) is 3. The van der Waals surface area contributed by atoms with Crippen molar-refractivity contribution in [3.8, 4) is 6.07 Å². The van der Waals surface area contributed by atoms with Gasteiger partial charge in [-0.05, 0) is 26.4 Å². The Bertz CT molecular complexity index is 199. The number of unbranched alkanes of at least 4 members (excludes halogenated alkanes) is 2. The van der Waals surface area contributed by atoms with Gasteiger partial charge in [-0.1, -0.05) is 6.42 Å². The van der Waals surface area contributed by atoms with Crippen LogP contribution in [0.5, 0.6) is 0 Å². The van der Waals surface area contributed by atoms with Gasteiger partial charge in [0, 0.05) is 19.4 Å². The molecule has 0 bridgehead atoms. The minimum absolute atomic E-state index is 0.266. The van der Waals surface area contributed by atoms with Gasteiger partial charge in [-0.25, -0.2) is 0 Å². The Morgan fingerprint density at radius 3 is 2.64 bits per heavy atom. The molecule has 1 N–H and O–H groups in total. The molecule has 0 rings (SSSR count). The first-order valence-electron chi connectivity index (χ1n) is 4.94. The summed E-state index contributed by atoms with van der Waals surface area (Å²) >= 11 is 0. The molecular formula is C10H18N2O2. The van der Waals surface area contributed by atoms with Crippen LogP contribution in [-0.2, 0) is 4.79 Å². The van der Waals surface area contributed by atoms with E-state index in [-0.39, 0.29) is 6.42 Å². The number of hydrogen-bond donors (Lipinski definition) is 1. The summed E-state index contributed by atoms with van der Waals surface area (Å²) in [5, 5.41) is 16.7. The molecule has 0 aliphatic carbocycles. The molecule has 0 amide bonds. The van der Waals surface area contributed by atoms with E-state index in [0.29, 0.717) is 6.42 Å². The average Bonchev–Trinajstić information content (AvgIpc) is 2.13. The third-order valence-corrected chi connectivity index (χ3v) is 2.04. The highest BCUT2D eigenvalue weighted by Gasteiger charge is 1.99. The minimum Gasteiger partial charge on any atom is -0.481 e. The SMILES string of the molecule is CN(CCC#N)CCCCCC(=O)O. The Morgan fingerprint density at radius 2 is 2.07 bits per heavy atom. The Morgan fingerprint density at radius 1 is 1.36 bits per heavy atom. The van der Waals surface area contributed by atoms with Crippen molar-refractivity contribution < 1.29 is 9.90 Å². The zero-order valence-corrected chi connectivity index (χ0v) is 8.70. The molecule has 0 aromatic rings. The van der Waals surface area contributed by atoms with Gasteiger partial charge < -0.3 is 10.0 Å². The predicted octanol–water partition coefficient (Wildman–Crippen LogP) is 1.48. The second-order valence-corrected chi connectivity index (χ2v) is 3.42. The van der Waals surface area contributed by atoms with Crippen LogP contribution in [0.4, 0.5) is 0 Å². The van der Waals surface area contributed by atoms with Crippen LogP contribution in [0.2, 0.25) is 0 Å². The van der Waals surface area contributed by atoms with Gasteiger partial charge in [0.25, 0.3) is 0 Å². The second kappa shape index (κ2) is 8.52. The van der Waals surface area contributed by atoms with Gasteiger partial charge in [0.1, 0.15) is 0 Å². The van der Waals surface area contributed by atoms with Crippen LogP contribution in [-0.4, -0.2) is 36.1 Å². The third kappa shape index (κ3) is 9.01. The van der Waals surface area contributed by atoms with Crippen molar-refractivity contribution in [1.82, 2.24) is 4.90 Å². The molecule has 0 unspecified atom stereocenters. The maximum absolute atomic E-state index is 10.2. The highest BCUT2D eigenvalue weighted by atomic mass is 16.4. The van der Waals surface area contributed by atoms with E-state index in [1.165, 1.54) is 0 Å². The monoisotopic (exact) mass is 198 g/mol. The fourth-order valence-electron chi connectivity index (χ4n) is 1.19. The molecule has 0 aromatic heterocycles. The van der Waals surface area contributed by atoms with Crippen LogP contribution in [0.3, 0.4) is 0 Å². The largest absolute Gasteiger partial charge is 0.481 e. The van der Waals surface area contributed by atoms with Crippen molar-refractivity contribution in [3.05, 3.63) is 0 Å². The Labute approximate surface area is 85.1 Å². The fourth-order valence-corrected chi connectivity index (χ4v) is 1.19. The van der Waals surface area contributed by atoms with Gasteiger partial charge in [-0.3, -0.25) is 4.79 Å². The lowest BCUT2D eigenvalue weighted by molar-refractivity contribution is -0.137. The molecule has 0 heterocycles. The molecule has 0 aliphatic rings. The Balaban J connectivity index is 3.19. The van der Waals surface area contributed by atoms with Crippen LogP contribution in [0.1, 0.15) is 32.1 Å². The maximum atomic E-state index is 10.2. The van der Waals surface area contributed by atoms with Crippen molar-refractivity contribution in [2.24, 2.45) is 0 Å². The molecule has 0 fully saturated rings. The van der Waals surface area contributed by atoms with E-state index in [0.717, 1.165) is 32.4 Å². The lowest BCUT2D eigenvalue weighted by atomic mass is 10.2. The lowest BCUT2D eigenvalue weighted by Crippen LogP contribution is -2.20. The van der Waals surface area contributed by atoms with Crippen LogP contribution in [0.25, 0.3) is 0 Å². The molecule has 0 saturated carbocycles. The first-order chi connectivity index (χ1) is 6.66. The van der Waals surface area contributed by atoms with Gasteiger partial charge in [-0.15, -0.1) is 0 Å². The Kier molecular flexibility index (Phi) is 7.86. The summed E-state index contributed by atoms with van der Waals surface area (Å²) < 4.78 is 0. The zero-order chi connectivity index (χ0) is 10.8. The van der Waals surface area contributed by atoms with Crippen LogP contribution in [0.15, 0.2) is 0 Å². The topological polar surface area (TPSA) is 64.3 Å². The smallest absolute Gasteiger partial charge is 0.303 e. The summed E-state index contributed by atoms with van der Waals surface area (Å²) in [6.45, 7) is 1.75. The quantitative estimate of drug-likeness (QED) is 0.600. The van der Waals surface area contributed by atoms with E-state index in [2.05, 4.69) is 11.0 Å². The summed E-state index contributed by atoms with van der Waals surface area (Å²) in [6, 6.07) is 2.10. The van der Waals surface area contributed by atoms with Gasteiger partial charge in [0.15, 0.2) is 0 Å². The minimum atomic E-state index is -0.720. The highest BCUT2D eigenvalue weighted by Crippen LogP contribution is 2.01. The fraction of sp³-hybridized carbons (Fsp3) is 0.800. The third-order valence-electron chi connectivity index (χ3n) is 2.04. The van der Waals surface area contributed by atoms with Crippen LogP contribution >= 0.6 is 0 Å². The number of rotatable bonds is 8. The van der Waals surface area contributed by atoms with Crippen LogP contribution in [0, 0.1) is 11.3 Å². The van der Waals surface area contributed by atoms with Gasteiger partial charge in [0.05, 0.1) is 6.07 Å². The van der Waals surface area contributed by atoms with Crippen molar-refractivity contribution in [2.45, 2.75) is 32.1 Å². The molecular weight excluding hydrogens is 180 g/mol. The molecule has 4 heteroatoms. The lowest BCUT2D eigenvalue weighted by Gasteiger charge is -2.13. The van der Waals surface area contributed by atoms with E-state index < -0.39 is 5.97 Å². The number of nitrogens with zero attached hydrogens (tertiary/aromatic N) is 2. The molecule has 0 spiro atoms. The van der Waals surface area contributed by atoms with Crippen LogP contribution < -0.4 is 0 Å². The average molecular weight is 198 g/mol. The van der Waals surface area contributed by atoms with Crippen molar-refractivity contribution in [1.29, 1.82) is 5.26 Å². The number of carbonyl (C=O) groups is 1. The number of aliphatic carboxylic acids is 1. The van der Waals surface area contributed by atoms with E-state index in [1.54, 1.807) is 0 Å². The molecule has 80 valence electrons. The van der Waals surface area contributed by atoms with Gasteiger partial charge in [-0.2, -0.15) is 5.26 Å². The summed E-state index contributed by atoms with van der Waals surface area (Å²) in [5.74, 6) is -0.720. The number of nitriles is 1. The first kappa shape index (κ1) is 12.9. The van der Waals surface area contributed by atoms with E-state index in [9.17, 15) is 4.79 Å². The summed E-state index contributed by atoms with van der Waals surface area (Å²) in [5.41, 5.74) is 0. The van der Waals surface area contributed by atoms with E-state index >= 15 is 0 Å². The van der Waals surface area contributed by atoms with Crippen molar-refractivity contribution >= 4 is 5.97 Å². The zero-order valence-electron chi connectivity index (χ0n) is 8.70. The first-order valence-corrected chi connectivity index (χ1v) is 4.94. The molecule has 0 radical (unpaired) electrons. The van der Waals surface area contributed by atoms with E-state index in [1.807, 2.05) is 7.05 Å². The summed E-state index contributed by atoms with van der Waals surface area (Å²) in [4.78, 5) is 12.3. The molecule has 0 saturated heterocycles. The molecule has 0 aliphatic heterocycles. The highest BCUT2D eigenvalue weighted by molar-refractivity contribution is 5.66. The molecule has 14 heavy (non-hydrogen) atoms. The predicted molar refractivity (Wildman–Crippen MR) is 53.8 cm³/mol. The van der Waals surface area contributed by atoms with Crippen molar-refractivity contribution in [2.75, 3.05) is 20.1 Å². The standard InChI is InChI=1S/C10H18N2O2/c1-12(9-5-7-11)8-4-2-3-6-10(13)14/h2-6,8-9H2,1H3,(H,13,14).